The van der Waals surface area contributed by atoms with E-state index in [0.717, 1.165) is 62.7 Å². The number of hydrogen-bond acceptors (Lipinski definition) is 13. The van der Waals surface area contributed by atoms with Gasteiger partial charge in [0.1, 0.15) is 23.9 Å². The fourth-order valence-electron chi connectivity index (χ4n) is 6.61. The number of rotatable bonds is 19. The molecule has 51 heavy (non-hydrogen) atoms. The summed E-state index contributed by atoms with van der Waals surface area (Å²) in [5.74, 6) is 1.39. The Morgan fingerprint density at radius 3 is 2.47 bits per heavy atom. The van der Waals surface area contributed by atoms with E-state index in [9.17, 15) is 0 Å². The number of methoxy groups -OCH3 is 1. The number of hydrogen-bond donors (Lipinski definition) is 3. The van der Waals surface area contributed by atoms with E-state index in [2.05, 4.69) is 39.3 Å². The van der Waals surface area contributed by atoms with Crippen LogP contribution in [0.1, 0.15) is 58.9 Å². The molecule has 15 nitrogen and oxygen atoms in total. The summed E-state index contributed by atoms with van der Waals surface area (Å²) in [4.78, 5) is 11.8. The van der Waals surface area contributed by atoms with Gasteiger partial charge in [0.25, 0.3) is 5.88 Å². The predicted octanol–water partition coefficient (Wildman–Crippen LogP) is 6.38. The van der Waals surface area contributed by atoms with E-state index >= 15 is 0 Å². The molecule has 0 bridgehead atoms. The van der Waals surface area contributed by atoms with Crippen molar-refractivity contribution in [2.45, 2.75) is 83.3 Å². The predicted molar refractivity (Wildman–Crippen MR) is 194 cm³/mol. The number of aromatic nitrogens is 4. The topological polar surface area (TPSA) is 168 Å². The van der Waals surface area contributed by atoms with Crippen molar-refractivity contribution < 1.29 is 23.7 Å². The van der Waals surface area contributed by atoms with Crippen molar-refractivity contribution in [1.29, 1.82) is 10.9 Å². The highest BCUT2D eigenvalue weighted by Gasteiger charge is 2.32. The van der Waals surface area contributed by atoms with E-state index in [4.69, 9.17) is 51.3 Å². The summed E-state index contributed by atoms with van der Waals surface area (Å²) < 4.78 is 30.8. The Balaban J connectivity index is 1.25. The Morgan fingerprint density at radius 2 is 1.78 bits per heavy atom. The second kappa shape index (κ2) is 19.1. The van der Waals surface area contributed by atoms with Crippen molar-refractivity contribution in [3.05, 3.63) is 41.8 Å². The maximum absolute atomic E-state index is 7.34. The number of morpholine rings is 1. The van der Waals surface area contributed by atoms with Gasteiger partial charge in [0, 0.05) is 57.2 Å². The van der Waals surface area contributed by atoms with Crippen LogP contribution in [0, 0.1) is 10.9 Å². The fourth-order valence-corrected chi connectivity index (χ4v) is 6.77. The molecule has 2 aromatic heterocycles. The second-order valence-electron chi connectivity index (χ2n) is 13.2. The summed E-state index contributed by atoms with van der Waals surface area (Å²) >= 11 is 6.42. The Bertz CT molecular complexity index is 1520. The molecule has 16 heteroatoms. The third kappa shape index (κ3) is 11.0. The van der Waals surface area contributed by atoms with Gasteiger partial charge in [-0.25, -0.2) is 15.0 Å². The first-order valence-corrected chi connectivity index (χ1v) is 18.0. The van der Waals surface area contributed by atoms with E-state index in [1.165, 1.54) is 5.01 Å². The second-order valence-corrected chi connectivity index (χ2v) is 13.6. The molecule has 1 saturated carbocycles. The average molecular weight is 727 g/mol. The summed E-state index contributed by atoms with van der Waals surface area (Å²) in [6, 6.07) is 6.29. The molecule has 2 fully saturated rings. The molecule has 0 amide bonds. The van der Waals surface area contributed by atoms with Crippen LogP contribution in [-0.2, 0) is 14.2 Å². The molecule has 0 radical (unpaired) electrons. The molecular weight excluding hydrogens is 676 g/mol. The number of benzene rings is 1. The van der Waals surface area contributed by atoms with Crippen LogP contribution in [0.25, 0.3) is 11.1 Å². The van der Waals surface area contributed by atoms with E-state index in [1.807, 2.05) is 29.9 Å². The molecule has 1 aromatic carbocycles. The van der Waals surface area contributed by atoms with Crippen LogP contribution < -0.4 is 14.8 Å². The first kappa shape index (κ1) is 38.3. The zero-order valence-corrected chi connectivity index (χ0v) is 30.7. The third-order valence-electron chi connectivity index (χ3n) is 9.02. The maximum Gasteiger partial charge on any atom is 0.256 e. The van der Waals surface area contributed by atoms with Crippen LogP contribution in [0.2, 0.25) is 5.02 Å². The number of ether oxygens (including phenoxy) is 5. The van der Waals surface area contributed by atoms with Crippen molar-refractivity contribution in [1.82, 2.24) is 29.7 Å². The van der Waals surface area contributed by atoms with Gasteiger partial charge in [-0.3, -0.25) is 15.0 Å². The zero-order chi connectivity index (χ0) is 36.2. The summed E-state index contributed by atoms with van der Waals surface area (Å²) in [5, 5.41) is 20.5. The Labute approximate surface area is 304 Å². The van der Waals surface area contributed by atoms with Gasteiger partial charge in [0.15, 0.2) is 0 Å². The third-order valence-corrected chi connectivity index (χ3v) is 9.33. The summed E-state index contributed by atoms with van der Waals surface area (Å²) in [5.41, 5.74) is 9.46. The number of anilines is 2. The summed E-state index contributed by atoms with van der Waals surface area (Å²) in [7, 11) is 1.66. The summed E-state index contributed by atoms with van der Waals surface area (Å²) in [6.07, 6.45) is 11.6. The van der Waals surface area contributed by atoms with Crippen LogP contribution in [0.15, 0.2) is 42.0 Å². The maximum atomic E-state index is 7.34. The molecule has 1 aliphatic heterocycles. The molecule has 1 saturated heterocycles. The Kier molecular flexibility index (Phi) is 14.4. The molecule has 3 atom stereocenters. The monoisotopic (exact) mass is 726 g/mol. The normalized spacial score (nSPS) is 21.5. The molecule has 2 aliphatic rings. The van der Waals surface area contributed by atoms with Gasteiger partial charge < -0.3 is 29.0 Å². The molecular formula is C35H51ClN10O5. The first-order chi connectivity index (χ1) is 24.8. The molecule has 0 spiro atoms. The smallest absolute Gasteiger partial charge is 0.256 e. The van der Waals surface area contributed by atoms with Gasteiger partial charge in [-0.1, -0.05) is 22.9 Å². The van der Waals surface area contributed by atoms with E-state index in [-0.39, 0.29) is 30.9 Å². The van der Waals surface area contributed by atoms with Gasteiger partial charge in [-0.15, -0.1) is 5.10 Å². The van der Waals surface area contributed by atoms with E-state index in [1.54, 1.807) is 25.6 Å². The van der Waals surface area contributed by atoms with Crippen molar-refractivity contribution >= 4 is 29.6 Å². The molecule has 3 heterocycles. The molecule has 3 aromatic rings. The Morgan fingerprint density at radius 1 is 1.06 bits per heavy atom. The standard InChI is InChI=1S/C35H51ClN10O5/c1-24-19-44(20-25(2)50-24)29-7-9-30(10-8-29)46-22-32(34(42-46)49-13-5-12-48-15-14-47-4)41-35-39-17-28(18-40-35)27-6-11-31(36)33(16-27)51-26(3)21-45(23-37)43-38/h6,11,16-18,22-26,29-30,37-38H,5,7-10,12-15,19-21H2,1-4H3,(H,39,40,41)/t24-,25+,26-,29-,30-/m0/s1. The van der Waals surface area contributed by atoms with Gasteiger partial charge >= 0.3 is 0 Å². The summed E-state index contributed by atoms with van der Waals surface area (Å²) in [6.45, 7) is 10.5. The molecule has 0 unspecified atom stereocenters. The lowest BCUT2D eigenvalue weighted by Crippen LogP contribution is -2.51. The first-order valence-electron chi connectivity index (χ1n) is 17.6. The van der Waals surface area contributed by atoms with Crippen LogP contribution >= 0.6 is 11.6 Å². The van der Waals surface area contributed by atoms with Gasteiger partial charge in [0.2, 0.25) is 5.95 Å². The van der Waals surface area contributed by atoms with Gasteiger partial charge in [-0.2, -0.15) is 5.53 Å². The van der Waals surface area contributed by atoms with Crippen LogP contribution in [-0.4, -0.2) is 114 Å². The quantitative estimate of drug-likeness (QED) is 0.0412. The zero-order valence-electron chi connectivity index (χ0n) is 30.0. The fraction of sp³-hybridized carbons (Fsp3) is 0.600. The number of nitrogens with zero attached hydrogens (tertiary/aromatic N) is 7. The Hall–Kier alpha value is -3.89. The molecule has 1 aliphatic carbocycles. The minimum absolute atomic E-state index is 0.232. The van der Waals surface area contributed by atoms with Crippen LogP contribution in [0.5, 0.6) is 11.6 Å². The SMILES string of the molecule is COCCOCCCOc1nn([C@H]2CC[C@H](N3C[C@@H](C)O[C@@H](C)C3)CC2)cc1Nc1ncc(-c2ccc(Cl)c(O[C@@H](C)CN(C=N)N=N)c2)cn1. The lowest BCUT2D eigenvalue weighted by molar-refractivity contribution is -0.0852. The molecule has 5 rings (SSSR count). The van der Waals surface area contributed by atoms with Gasteiger partial charge in [0.05, 0.1) is 55.8 Å². The highest BCUT2D eigenvalue weighted by Crippen LogP contribution is 2.36. The highest BCUT2D eigenvalue weighted by atomic mass is 35.5. The highest BCUT2D eigenvalue weighted by molar-refractivity contribution is 6.32. The molecule has 3 N–H and O–H groups in total. The van der Waals surface area contributed by atoms with Crippen molar-refractivity contribution in [3.8, 4) is 22.8 Å². The minimum Gasteiger partial charge on any atom is -0.487 e. The number of nitrogens with one attached hydrogen (secondary N) is 3. The average Bonchev–Trinajstić information content (AvgIpc) is 3.53. The largest absolute Gasteiger partial charge is 0.487 e. The minimum atomic E-state index is -0.371. The van der Waals surface area contributed by atoms with Crippen molar-refractivity contribution in [2.75, 3.05) is 58.5 Å². The van der Waals surface area contributed by atoms with E-state index in [0.29, 0.717) is 60.8 Å². The lowest BCUT2D eigenvalue weighted by atomic mass is 9.89. The van der Waals surface area contributed by atoms with E-state index < -0.39 is 0 Å². The van der Waals surface area contributed by atoms with Crippen LogP contribution in [0.4, 0.5) is 11.6 Å². The lowest BCUT2D eigenvalue weighted by Gasteiger charge is -2.42. The van der Waals surface area contributed by atoms with Crippen LogP contribution in [0.3, 0.4) is 0 Å². The van der Waals surface area contributed by atoms with Gasteiger partial charge in [-0.05, 0) is 64.2 Å². The molecule has 278 valence electrons. The van der Waals surface area contributed by atoms with Crippen molar-refractivity contribution in [3.63, 3.8) is 0 Å². The van der Waals surface area contributed by atoms with Crippen molar-refractivity contribution in [2.24, 2.45) is 5.22 Å². The number of halogens is 1.